The Morgan fingerprint density at radius 3 is 2.50 bits per heavy atom. The third-order valence-corrected chi connectivity index (χ3v) is 6.34. The lowest BCUT2D eigenvalue weighted by Crippen LogP contribution is -2.45. The molecule has 1 aromatic carbocycles. The normalized spacial score (nSPS) is 15.4. The second kappa shape index (κ2) is 9.59. The van der Waals surface area contributed by atoms with Crippen LogP contribution in [0.3, 0.4) is 0 Å². The summed E-state index contributed by atoms with van der Waals surface area (Å²) in [4.78, 5) is 14.3. The summed E-state index contributed by atoms with van der Waals surface area (Å²) in [5, 5.41) is 3.18. The van der Waals surface area contributed by atoms with E-state index >= 15 is 0 Å². The van der Waals surface area contributed by atoms with Crippen LogP contribution in [0.25, 0.3) is 10.6 Å². The first kappa shape index (κ1) is 20.8. The van der Waals surface area contributed by atoms with E-state index in [4.69, 9.17) is 14.5 Å². The molecule has 0 radical (unpaired) electrons. The lowest BCUT2D eigenvalue weighted by atomic mass is 10.2. The fourth-order valence-corrected chi connectivity index (χ4v) is 4.48. The van der Waals surface area contributed by atoms with Gasteiger partial charge in [-0.1, -0.05) is 0 Å². The number of nitrogens with zero attached hydrogens (tertiary/aromatic N) is 5. The maximum absolute atomic E-state index is 5.61. The molecular formula is C22H29N5O2S. The largest absolute Gasteiger partial charge is 0.493 e. The third kappa shape index (κ3) is 4.83. The van der Waals surface area contributed by atoms with Crippen LogP contribution in [-0.4, -0.2) is 64.2 Å². The van der Waals surface area contributed by atoms with E-state index in [0.717, 1.165) is 72.9 Å². The van der Waals surface area contributed by atoms with Gasteiger partial charge < -0.3 is 14.0 Å². The highest BCUT2D eigenvalue weighted by Crippen LogP contribution is 2.34. The number of piperazine rings is 1. The summed E-state index contributed by atoms with van der Waals surface area (Å²) in [7, 11) is 3.72. The summed E-state index contributed by atoms with van der Waals surface area (Å²) < 4.78 is 13.2. The third-order valence-electron chi connectivity index (χ3n) is 5.40. The summed E-state index contributed by atoms with van der Waals surface area (Å²) in [5.41, 5.74) is 2.19. The molecular weight excluding hydrogens is 398 g/mol. The molecule has 0 saturated carbocycles. The number of thiazole rings is 1. The molecule has 2 aromatic heterocycles. The zero-order chi connectivity index (χ0) is 20.9. The number of imidazole rings is 1. The number of hydrogen-bond donors (Lipinski definition) is 0. The van der Waals surface area contributed by atoms with Crippen molar-refractivity contribution in [3.05, 3.63) is 47.5 Å². The molecule has 1 fully saturated rings. The van der Waals surface area contributed by atoms with Crippen molar-refractivity contribution in [3.63, 3.8) is 0 Å². The van der Waals surface area contributed by atoms with Crippen LogP contribution in [0.5, 0.6) is 11.5 Å². The van der Waals surface area contributed by atoms with E-state index in [1.54, 1.807) is 18.4 Å². The Hall–Kier alpha value is -2.42. The van der Waals surface area contributed by atoms with Gasteiger partial charge in [0.1, 0.15) is 10.8 Å². The number of hydrogen-bond acceptors (Lipinski definition) is 7. The Morgan fingerprint density at radius 2 is 1.83 bits per heavy atom. The van der Waals surface area contributed by atoms with Crippen molar-refractivity contribution < 1.29 is 9.47 Å². The van der Waals surface area contributed by atoms with Crippen molar-refractivity contribution in [2.24, 2.45) is 7.05 Å². The summed E-state index contributed by atoms with van der Waals surface area (Å²) in [6, 6.07) is 6.01. The van der Waals surface area contributed by atoms with Crippen LogP contribution in [-0.2, 0) is 20.1 Å². The second-order valence-electron chi connectivity index (χ2n) is 7.45. The Kier molecular flexibility index (Phi) is 6.66. The predicted octanol–water partition coefficient (Wildman–Crippen LogP) is 3.27. The molecule has 0 aliphatic carbocycles. The highest BCUT2D eigenvalue weighted by Gasteiger charge is 2.19. The Morgan fingerprint density at radius 1 is 1.07 bits per heavy atom. The zero-order valence-corrected chi connectivity index (χ0v) is 18.7. The number of aromatic nitrogens is 3. The first-order chi connectivity index (χ1) is 14.7. The molecule has 0 N–H and O–H groups in total. The van der Waals surface area contributed by atoms with Gasteiger partial charge in [-0.3, -0.25) is 9.80 Å². The van der Waals surface area contributed by atoms with Crippen molar-refractivity contribution in [1.29, 1.82) is 0 Å². The molecule has 30 heavy (non-hydrogen) atoms. The quantitative estimate of drug-likeness (QED) is 0.550. The maximum atomic E-state index is 5.61. The van der Waals surface area contributed by atoms with E-state index in [-0.39, 0.29) is 0 Å². The summed E-state index contributed by atoms with van der Waals surface area (Å²) >= 11 is 1.68. The van der Waals surface area contributed by atoms with Gasteiger partial charge in [-0.25, -0.2) is 9.97 Å². The van der Waals surface area contributed by atoms with Crippen molar-refractivity contribution in [3.8, 4) is 22.1 Å². The lowest BCUT2D eigenvalue weighted by molar-refractivity contribution is 0.118. The average Bonchev–Trinajstić information content (AvgIpc) is 3.39. The van der Waals surface area contributed by atoms with Gasteiger partial charge in [-0.2, -0.15) is 0 Å². The van der Waals surface area contributed by atoms with Crippen molar-refractivity contribution in [1.82, 2.24) is 24.3 Å². The van der Waals surface area contributed by atoms with E-state index in [9.17, 15) is 0 Å². The molecule has 0 bridgehead atoms. The van der Waals surface area contributed by atoms with Crippen LogP contribution in [0, 0.1) is 0 Å². The maximum Gasteiger partial charge on any atom is 0.161 e. The van der Waals surface area contributed by atoms with Gasteiger partial charge in [0.15, 0.2) is 11.5 Å². The smallest absolute Gasteiger partial charge is 0.161 e. The van der Waals surface area contributed by atoms with Crippen molar-refractivity contribution in [2.45, 2.75) is 20.0 Å². The fourth-order valence-electron chi connectivity index (χ4n) is 3.67. The van der Waals surface area contributed by atoms with Crippen molar-refractivity contribution >= 4 is 11.3 Å². The summed E-state index contributed by atoms with van der Waals surface area (Å²) in [6.07, 6.45) is 3.87. The van der Waals surface area contributed by atoms with Crippen LogP contribution >= 0.6 is 11.3 Å². The van der Waals surface area contributed by atoms with Crippen LogP contribution < -0.4 is 9.47 Å². The van der Waals surface area contributed by atoms with E-state index in [1.165, 1.54) is 0 Å². The molecule has 1 saturated heterocycles. The topological polar surface area (TPSA) is 55.7 Å². The number of rotatable bonds is 8. The van der Waals surface area contributed by atoms with Gasteiger partial charge in [0.05, 0.1) is 26.0 Å². The summed E-state index contributed by atoms with van der Waals surface area (Å²) in [6.45, 7) is 8.60. The number of benzene rings is 1. The molecule has 1 aliphatic rings. The molecule has 1 aliphatic heterocycles. The van der Waals surface area contributed by atoms with Gasteiger partial charge in [0.25, 0.3) is 0 Å². The van der Waals surface area contributed by atoms with Crippen LogP contribution in [0.1, 0.15) is 18.4 Å². The molecule has 0 atom stereocenters. The minimum Gasteiger partial charge on any atom is -0.493 e. The monoisotopic (exact) mass is 427 g/mol. The van der Waals surface area contributed by atoms with Gasteiger partial charge in [-0.15, -0.1) is 11.3 Å². The lowest BCUT2D eigenvalue weighted by Gasteiger charge is -2.34. The molecule has 8 heteroatoms. The number of methoxy groups -OCH3 is 1. The number of aryl methyl sites for hydroxylation is 1. The average molecular weight is 428 g/mol. The number of ether oxygens (including phenoxy) is 2. The first-order valence-corrected chi connectivity index (χ1v) is 11.2. The Balaban J connectivity index is 1.33. The molecule has 0 spiro atoms. The van der Waals surface area contributed by atoms with Gasteiger partial charge in [0, 0.05) is 63.1 Å². The minimum atomic E-state index is 0.617. The highest BCUT2D eigenvalue weighted by atomic mass is 32.1. The van der Waals surface area contributed by atoms with Crippen LogP contribution in [0.15, 0.2) is 36.0 Å². The van der Waals surface area contributed by atoms with E-state index in [1.807, 2.05) is 37.5 Å². The van der Waals surface area contributed by atoms with Crippen LogP contribution in [0.4, 0.5) is 0 Å². The Bertz CT molecular complexity index is 962. The molecule has 3 heterocycles. The van der Waals surface area contributed by atoms with E-state index < -0.39 is 0 Å². The van der Waals surface area contributed by atoms with E-state index in [0.29, 0.717) is 6.61 Å². The van der Waals surface area contributed by atoms with Gasteiger partial charge >= 0.3 is 0 Å². The zero-order valence-electron chi connectivity index (χ0n) is 17.9. The van der Waals surface area contributed by atoms with Crippen molar-refractivity contribution in [2.75, 3.05) is 39.9 Å². The molecule has 4 rings (SSSR count). The predicted molar refractivity (Wildman–Crippen MR) is 119 cm³/mol. The fraction of sp³-hybridized carbons (Fsp3) is 0.455. The molecule has 3 aromatic rings. The van der Waals surface area contributed by atoms with Crippen LogP contribution in [0.2, 0.25) is 0 Å². The molecule has 0 unspecified atom stereocenters. The first-order valence-electron chi connectivity index (χ1n) is 10.3. The molecule has 0 amide bonds. The second-order valence-corrected chi connectivity index (χ2v) is 8.31. The highest BCUT2D eigenvalue weighted by molar-refractivity contribution is 7.13. The SMILES string of the molecule is CCOc1ccc(-c2nc(CN3CCN(Cc4nccn4C)CC3)cs2)cc1OC. The molecule has 7 nitrogen and oxygen atoms in total. The van der Waals surface area contributed by atoms with E-state index in [2.05, 4.69) is 31.8 Å². The Labute approximate surface area is 181 Å². The van der Waals surface area contributed by atoms with Gasteiger partial charge in [0.2, 0.25) is 0 Å². The summed E-state index contributed by atoms with van der Waals surface area (Å²) in [5.74, 6) is 2.64. The van der Waals surface area contributed by atoms with Gasteiger partial charge in [-0.05, 0) is 25.1 Å². The standard InChI is InChI=1S/C22H29N5O2S/c1-4-29-19-6-5-17(13-20(19)28-3)22-24-18(16-30-22)14-26-9-11-27(12-10-26)15-21-23-7-8-25(21)2/h5-8,13,16H,4,9-12,14-15H2,1-3H3. The minimum absolute atomic E-state index is 0.617. The molecule has 160 valence electrons.